The normalized spacial score (nSPS) is 14.8. The molecule has 3 aromatic heterocycles. The van der Waals surface area contributed by atoms with Gasteiger partial charge in [-0.25, -0.2) is 9.59 Å². The number of nitrogens with two attached hydrogens (primary N) is 1. The number of primary amides is 1. The molecule has 2 saturated heterocycles. The molecule has 5 heterocycles. The smallest absolute Gasteiger partial charge is 0.410 e. The molecule has 2 aromatic carbocycles. The fraction of sp³-hybridized carbons (Fsp3) is 0.415. The summed E-state index contributed by atoms with van der Waals surface area (Å²) >= 11 is 2.98. The summed E-state index contributed by atoms with van der Waals surface area (Å²) < 4.78 is 22.4. The number of hydrogen-bond acceptors (Lipinski definition) is 12. The molecule has 2 N–H and O–H groups in total. The van der Waals surface area contributed by atoms with Gasteiger partial charge in [-0.05, 0) is 86.3 Å². The van der Waals surface area contributed by atoms with Gasteiger partial charge in [-0.15, -0.1) is 22.7 Å². The van der Waals surface area contributed by atoms with Crippen LogP contribution in [0.15, 0.2) is 84.2 Å². The number of piperidine rings is 2. The number of thiazole rings is 2. The number of benzene rings is 2. The first-order valence-electron chi connectivity index (χ1n) is 18.9. The van der Waals surface area contributed by atoms with Crippen molar-refractivity contribution in [3.8, 4) is 11.5 Å². The van der Waals surface area contributed by atoms with Gasteiger partial charge < -0.3 is 34.5 Å². The Morgan fingerprint density at radius 1 is 0.714 bits per heavy atom. The summed E-state index contributed by atoms with van der Waals surface area (Å²) in [6.07, 6.45) is 10.8. The lowest BCUT2D eigenvalue weighted by Gasteiger charge is -2.31. The Kier molecular flexibility index (Phi) is 15.2. The fourth-order valence-corrected chi connectivity index (χ4v) is 7.62. The van der Waals surface area contributed by atoms with Gasteiger partial charge in [0.25, 0.3) is 0 Å². The van der Waals surface area contributed by atoms with E-state index in [9.17, 15) is 14.4 Å². The van der Waals surface area contributed by atoms with E-state index in [0.717, 1.165) is 89.3 Å². The van der Waals surface area contributed by atoms with Crippen molar-refractivity contribution in [2.24, 2.45) is 17.6 Å². The lowest BCUT2D eigenvalue weighted by Crippen LogP contribution is -2.39. The Morgan fingerprint density at radius 3 is 1.77 bits per heavy atom. The third-order valence-electron chi connectivity index (χ3n) is 9.86. The molecule has 5 aromatic rings. The summed E-state index contributed by atoms with van der Waals surface area (Å²) in [5.41, 5.74) is 10.5. The van der Waals surface area contributed by atoms with Crippen molar-refractivity contribution < 1.29 is 33.3 Å². The minimum atomic E-state index is -0.340. The van der Waals surface area contributed by atoms with Crippen LogP contribution in [0.5, 0.6) is 11.5 Å². The highest BCUT2D eigenvalue weighted by Gasteiger charge is 2.25. The molecule has 0 aliphatic carbocycles. The van der Waals surface area contributed by atoms with Gasteiger partial charge in [0.05, 0.1) is 45.9 Å². The number of hydrogen-bond donors (Lipinski definition) is 1. The van der Waals surface area contributed by atoms with Crippen LogP contribution >= 0.6 is 22.7 Å². The second-order valence-corrected chi connectivity index (χ2v) is 15.8. The second-order valence-electron chi connectivity index (χ2n) is 13.8. The lowest BCUT2D eigenvalue weighted by atomic mass is 9.94. The molecule has 7 rings (SSSR count). The molecule has 13 nitrogen and oxygen atoms in total. The van der Waals surface area contributed by atoms with Crippen LogP contribution in [-0.4, -0.2) is 82.2 Å². The highest BCUT2D eigenvalue weighted by atomic mass is 32.1. The number of fused-ring (bicyclic) bond motifs is 1. The topological polar surface area (TPSA) is 159 Å². The van der Waals surface area contributed by atoms with E-state index in [4.69, 9.17) is 24.7 Å². The van der Waals surface area contributed by atoms with Crippen LogP contribution in [0.25, 0.3) is 10.9 Å². The maximum atomic E-state index is 12.2. The van der Waals surface area contributed by atoms with Gasteiger partial charge in [0.15, 0.2) is 0 Å². The van der Waals surface area contributed by atoms with Gasteiger partial charge >= 0.3 is 12.2 Å². The van der Waals surface area contributed by atoms with Crippen LogP contribution in [0, 0.1) is 11.8 Å². The van der Waals surface area contributed by atoms with Crippen molar-refractivity contribution >= 4 is 51.7 Å². The van der Waals surface area contributed by atoms with Crippen LogP contribution in [0.2, 0.25) is 0 Å². The third-order valence-corrected chi connectivity index (χ3v) is 11.4. The van der Waals surface area contributed by atoms with E-state index in [-0.39, 0.29) is 31.1 Å². The molecule has 2 fully saturated rings. The van der Waals surface area contributed by atoms with Crippen molar-refractivity contribution in [2.45, 2.75) is 58.2 Å². The number of aromatic nitrogens is 3. The predicted molar refractivity (Wildman–Crippen MR) is 214 cm³/mol. The highest BCUT2D eigenvalue weighted by molar-refractivity contribution is 7.09. The largest absolute Gasteiger partial charge is 0.494 e. The Balaban J connectivity index is 0.000000190. The number of rotatable bonds is 14. The van der Waals surface area contributed by atoms with E-state index in [0.29, 0.717) is 44.7 Å². The molecule has 0 saturated carbocycles. The maximum absolute atomic E-state index is 12.2. The first kappa shape index (κ1) is 40.4. The first-order chi connectivity index (χ1) is 27.4. The van der Waals surface area contributed by atoms with E-state index in [1.807, 2.05) is 54.6 Å². The third kappa shape index (κ3) is 12.9. The molecule has 0 atom stereocenters. The second kappa shape index (κ2) is 21.1. The van der Waals surface area contributed by atoms with Gasteiger partial charge in [-0.1, -0.05) is 18.2 Å². The molecular weight excluding hydrogens is 753 g/mol. The first-order valence-corrected chi connectivity index (χ1v) is 20.7. The number of nitrogens with zero attached hydrogens (tertiary/aromatic N) is 5. The van der Waals surface area contributed by atoms with Crippen molar-refractivity contribution in [2.75, 3.05) is 39.4 Å². The number of amides is 3. The SMILES string of the molecule is NC(=O)Cc1ccc(OCCC2CCN(C(=O)OCc3cncs3)CC2)cc1.O=C(OCc1cncs1)N1CCC(CCOc2ccc3cccnc3c2)CC1. The molecule has 2 aliphatic heterocycles. The molecule has 3 amide bonds. The average molecular weight is 801 g/mol. The van der Waals surface area contributed by atoms with E-state index >= 15 is 0 Å². The predicted octanol–water partition coefficient (Wildman–Crippen LogP) is 7.50. The number of carbonyl (C=O) groups is 3. The Morgan fingerprint density at radius 2 is 1.25 bits per heavy atom. The van der Waals surface area contributed by atoms with Crippen molar-refractivity contribution in [1.82, 2.24) is 24.8 Å². The summed E-state index contributed by atoms with van der Waals surface area (Å²) in [5, 5.41) is 1.12. The number of likely N-dealkylation sites (tertiary alicyclic amines) is 2. The summed E-state index contributed by atoms with van der Waals surface area (Å²) in [6.45, 7) is 4.82. The monoisotopic (exact) mass is 800 g/mol. The summed E-state index contributed by atoms with van der Waals surface area (Å²) in [5.74, 6) is 2.42. The molecule has 56 heavy (non-hydrogen) atoms. The zero-order chi connectivity index (χ0) is 39.0. The molecule has 0 spiro atoms. The average Bonchev–Trinajstić information content (AvgIpc) is 3.96. The summed E-state index contributed by atoms with van der Waals surface area (Å²) in [6, 6.07) is 17.4. The van der Waals surface area contributed by atoms with E-state index in [1.54, 1.807) is 39.4 Å². The Bertz CT molecular complexity index is 1950. The summed E-state index contributed by atoms with van der Waals surface area (Å²) in [4.78, 5) is 53.0. The number of carbonyl (C=O) groups excluding carboxylic acids is 3. The molecule has 15 heteroatoms. The van der Waals surface area contributed by atoms with Crippen LogP contribution < -0.4 is 15.2 Å². The molecule has 0 unspecified atom stereocenters. The van der Waals surface area contributed by atoms with Gasteiger partial charge in [0, 0.05) is 56.2 Å². The van der Waals surface area contributed by atoms with Crippen LogP contribution in [0.4, 0.5) is 9.59 Å². The van der Waals surface area contributed by atoms with Crippen LogP contribution in [0.1, 0.15) is 53.8 Å². The van der Waals surface area contributed by atoms with Crippen molar-refractivity contribution in [3.63, 3.8) is 0 Å². The van der Waals surface area contributed by atoms with Crippen LogP contribution in [0.3, 0.4) is 0 Å². The van der Waals surface area contributed by atoms with Gasteiger partial charge in [-0.2, -0.15) is 0 Å². The molecule has 0 radical (unpaired) electrons. The van der Waals surface area contributed by atoms with Crippen LogP contribution in [-0.2, 0) is 33.9 Å². The highest BCUT2D eigenvalue weighted by Crippen LogP contribution is 2.25. The Labute approximate surface area is 334 Å². The minimum Gasteiger partial charge on any atom is -0.494 e. The van der Waals surface area contributed by atoms with Crippen molar-refractivity contribution in [1.29, 1.82) is 0 Å². The van der Waals surface area contributed by atoms with Gasteiger partial charge in [0.1, 0.15) is 24.7 Å². The molecule has 2 aliphatic rings. The maximum Gasteiger partial charge on any atom is 0.410 e. The lowest BCUT2D eigenvalue weighted by molar-refractivity contribution is -0.117. The standard InChI is InChI=1S/C21H23N3O3S.C20H25N3O4S/c25-21(27-14-19-13-22-15-28-19)24-9-5-16(6-10-24)7-11-26-18-4-3-17-2-1-8-23-20(17)12-18;21-19(24)11-16-1-3-17(4-2-16)26-10-7-15-5-8-23(9-6-15)20(25)27-13-18-12-22-14-28-18/h1-4,8,12-13,15-16H,5-7,9-11,14H2;1-4,12,14-15H,5-11,13H2,(H2,21,24). The zero-order valence-electron chi connectivity index (χ0n) is 31.3. The van der Waals surface area contributed by atoms with Gasteiger partial charge in [-0.3, -0.25) is 19.7 Å². The van der Waals surface area contributed by atoms with Gasteiger partial charge in [0.2, 0.25) is 5.91 Å². The van der Waals surface area contributed by atoms with Crippen molar-refractivity contribution in [3.05, 3.63) is 99.5 Å². The van der Waals surface area contributed by atoms with E-state index in [2.05, 4.69) is 15.0 Å². The minimum absolute atomic E-state index is 0.230. The molecule has 0 bridgehead atoms. The number of pyridine rings is 1. The van der Waals surface area contributed by atoms with E-state index in [1.165, 1.54) is 22.7 Å². The Hall–Kier alpha value is -5.28. The summed E-state index contributed by atoms with van der Waals surface area (Å²) in [7, 11) is 0. The quantitative estimate of drug-likeness (QED) is 0.119. The molecular formula is C41H48N6O7S2. The number of ether oxygens (including phenoxy) is 4. The zero-order valence-corrected chi connectivity index (χ0v) is 33.0. The van der Waals surface area contributed by atoms with E-state index < -0.39 is 0 Å². The molecule has 296 valence electrons. The fourth-order valence-electron chi connectivity index (χ4n) is 6.61.